The monoisotopic (exact) mass is 290 g/mol. The number of aliphatic carboxylic acids is 1. The molecule has 1 aromatic rings. The predicted molar refractivity (Wildman–Crippen MR) is 75.8 cm³/mol. The maximum atomic E-state index is 12.1. The minimum atomic E-state index is -0.988. The number of amides is 2. The Balaban J connectivity index is 1.92. The van der Waals surface area contributed by atoms with Gasteiger partial charge in [0.2, 0.25) is 5.91 Å². The fourth-order valence-corrected chi connectivity index (χ4v) is 2.44. The van der Waals surface area contributed by atoms with Gasteiger partial charge in [-0.3, -0.25) is 9.59 Å². The van der Waals surface area contributed by atoms with Crippen molar-refractivity contribution in [2.75, 3.05) is 13.1 Å². The first-order chi connectivity index (χ1) is 10.1. The molecule has 2 N–H and O–H groups in total. The molecule has 6 nitrogen and oxygen atoms in total. The molecular weight excluding hydrogens is 272 g/mol. The van der Waals surface area contributed by atoms with Crippen molar-refractivity contribution < 1.29 is 19.5 Å². The number of nitrogens with zero attached hydrogens (tertiary/aromatic N) is 1. The van der Waals surface area contributed by atoms with Crippen molar-refractivity contribution in [1.82, 2.24) is 10.2 Å². The van der Waals surface area contributed by atoms with E-state index in [2.05, 4.69) is 5.32 Å². The minimum absolute atomic E-state index is 0.183. The first kappa shape index (κ1) is 15.0. The second kappa shape index (κ2) is 6.88. The Morgan fingerprint density at radius 2 is 1.90 bits per heavy atom. The number of carboxylic acid groups (broad SMARTS) is 1. The number of hydrogen-bond acceptors (Lipinski definition) is 3. The van der Waals surface area contributed by atoms with Crippen molar-refractivity contribution in [2.45, 2.75) is 25.3 Å². The van der Waals surface area contributed by atoms with Gasteiger partial charge in [0.25, 0.3) is 5.91 Å². The van der Waals surface area contributed by atoms with Gasteiger partial charge in [-0.15, -0.1) is 0 Å². The summed E-state index contributed by atoms with van der Waals surface area (Å²) in [7, 11) is 0. The highest BCUT2D eigenvalue weighted by atomic mass is 16.4. The third-order valence-corrected chi connectivity index (χ3v) is 3.54. The predicted octanol–water partition coefficient (Wildman–Crippen LogP) is 0.882. The van der Waals surface area contributed by atoms with Crippen LogP contribution in [-0.4, -0.2) is 46.9 Å². The summed E-state index contributed by atoms with van der Waals surface area (Å²) < 4.78 is 0. The summed E-state index contributed by atoms with van der Waals surface area (Å²) in [5, 5.41) is 11.7. The lowest BCUT2D eigenvalue weighted by Crippen LogP contribution is -2.51. The highest BCUT2D eigenvalue weighted by Gasteiger charge is 2.31. The van der Waals surface area contributed by atoms with Gasteiger partial charge in [-0.2, -0.15) is 0 Å². The Bertz CT molecular complexity index is 530. The van der Waals surface area contributed by atoms with Crippen LogP contribution in [0.4, 0.5) is 0 Å². The van der Waals surface area contributed by atoms with Crippen LogP contribution in [-0.2, 0) is 9.59 Å². The molecule has 1 aliphatic heterocycles. The van der Waals surface area contributed by atoms with E-state index in [4.69, 9.17) is 5.11 Å². The van der Waals surface area contributed by atoms with Gasteiger partial charge in [0.15, 0.2) is 0 Å². The van der Waals surface area contributed by atoms with Gasteiger partial charge in [0.05, 0.1) is 6.54 Å². The quantitative estimate of drug-likeness (QED) is 0.862. The van der Waals surface area contributed by atoms with Crippen molar-refractivity contribution in [3.05, 3.63) is 35.9 Å². The molecule has 1 aliphatic rings. The van der Waals surface area contributed by atoms with E-state index >= 15 is 0 Å². The molecule has 112 valence electrons. The maximum absolute atomic E-state index is 12.1. The standard InChI is InChI=1S/C15H18N2O4/c18-13(17-9-5-4-8-12(17)15(20)21)10-16-14(19)11-6-2-1-3-7-11/h1-3,6-7,12H,4-5,8-10H2,(H,16,19)(H,20,21)/t12-/m0/s1. The molecule has 0 unspecified atom stereocenters. The molecule has 1 aromatic carbocycles. The lowest BCUT2D eigenvalue weighted by Gasteiger charge is -2.33. The van der Waals surface area contributed by atoms with Crippen LogP contribution in [0.25, 0.3) is 0 Å². The fourth-order valence-electron chi connectivity index (χ4n) is 2.44. The Hall–Kier alpha value is -2.37. The smallest absolute Gasteiger partial charge is 0.326 e. The number of rotatable bonds is 4. The Morgan fingerprint density at radius 1 is 1.19 bits per heavy atom. The van der Waals surface area contributed by atoms with E-state index in [9.17, 15) is 14.4 Å². The van der Waals surface area contributed by atoms with Crippen LogP contribution in [0.1, 0.15) is 29.6 Å². The van der Waals surface area contributed by atoms with Crippen molar-refractivity contribution >= 4 is 17.8 Å². The number of carbonyl (C=O) groups excluding carboxylic acids is 2. The van der Waals surface area contributed by atoms with Crippen LogP contribution in [0, 0.1) is 0 Å². The summed E-state index contributed by atoms with van der Waals surface area (Å²) in [5.74, 6) is -1.68. The highest BCUT2D eigenvalue weighted by Crippen LogP contribution is 2.17. The van der Waals surface area contributed by atoms with Crippen LogP contribution < -0.4 is 5.32 Å². The summed E-state index contributed by atoms with van der Waals surface area (Å²) in [6.07, 6.45) is 2.06. The van der Waals surface area contributed by atoms with Crippen LogP contribution >= 0.6 is 0 Å². The van der Waals surface area contributed by atoms with Gasteiger partial charge in [0, 0.05) is 12.1 Å². The average Bonchev–Trinajstić information content (AvgIpc) is 2.53. The van der Waals surface area contributed by atoms with E-state index in [0.717, 1.165) is 12.8 Å². The summed E-state index contributed by atoms with van der Waals surface area (Å²) in [4.78, 5) is 36.4. The van der Waals surface area contributed by atoms with E-state index in [-0.39, 0.29) is 18.4 Å². The zero-order chi connectivity index (χ0) is 15.2. The average molecular weight is 290 g/mol. The fraction of sp³-hybridized carbons (Fsp3) is 0.400. The lowest BCUT2D eigenvalue weighted by atomic mass is 10.0. The third-order valence-electron chi connectivity index (χ3n) is 3.54. The molecule has 21 heavy (non-hydrogen) atoms. The molecule has 0 aromatic heterocycles. The van der Waals surface area contributed by atoms with Gasteiger partial charge in [-0.1, -0.05) is 18.2 Å². The number of piperidine rings is 1. The van der Waals surface area contributed by atoms with Crippen LogP contribution in [0.5, 0.6) is 0 Å². The third kappa shape index (κ3) is 3.81. The number of benzene rings is 1. The van der Waals surface area contributed by atoms with E-state index in [1.807, 2.05) is 0 Å². The van der Waals surface area contributed by atoms with Crippen LogP contribution in [0.15, 0.2) is 30.3 Å². The molecule has 6 heteroatoms. The Labute approximate surface area is 122 Å². The van der Waals surface area contributed by atoms with Crippen molar-refractivity contribution in [1.29, 1.82) is 0 Å². The molecule has 0 spiro atoms. The second-order valence-electron chi connectivity index (χ2n) is 4.99. The van der Waals surface area contributed by atoms with E-state index < -0.39 is 12.0 Å². The number of hydrogen-bond donors (Lipinski definition) is 2. The van der Waals surface area contributed by atoms with E-state index in [1.165, 1.54) is 4.90 Å². The zero-order valence-electron chi connectivity index (χ0n) is 11.6. The Morgan fingerprint density at radius 3 is 2.57 bits per heavy atom. The first-order valence-electron chi connectivity index (χ1n) is 6.95. The van der Waals surface area contributed by atoms with Gasteiger partial charge in [-0.25, -0.2) is 4.79 Å². The highest BCUT2D eigenvalue weighted by molar-refractivity contribution is 5.96. The van der Waals surface area contributed by atoms with Crippen molar-refractivity contribution in [3.63, 3.8) is 0 Å². The summed E-state index contributed by atoms with van der Waals surface area (Å²) in [6, 6.07) is 7.80. The minimum Gasteiger partial charge on any atom is -0.480 e. The first-order valence-corrected chi connectivity index (χ1v) is 6.95. The largest absolute Gasteiger partial charge is 0.480 e. The van der Waals surface area contributed by atoms with Crippen LogP contribution in [0.2, 0.25) is 0 Å². The van der Waals surface area contributed by atoms with Crippen molar-refractivity contribution in [3.8, 4) is 0 Å². The number of carbonyl (C=O) groups is 3. The summed E-state index contributed by atoms with van der Waals surface area (Å²) >= 11 is 0. The summed E-state index contributed by atoms with van der Waals surface area (Å²) in [5.41, 5.74) is 0.471. The molecule has 1 heterocycles. The molecule has 1 fully saturated rings. The summed E-state index contributed by atoms with van der Waals surface area (Å²) in [6.45, 7) is 0.245. The van der Waals surface area contributed by atoms with E-state index in [1.54, 1.807) is 30.3 Å². The molecule has 2 amide bonds. The molecule has 1 atom stereocenters. The number of likely N-dealkylation sites (tertiary alicyclic amines) is 1. The second-order valence-corrected chi connectivity index (χ2v) is 4.99. The molecular formula is C15H18N2O4. The molecule has 1 saturated heterocycles. The van der Waals surface area contributed by atoms with Gasteiger partial charge in [-0.05, 0) is 31.4 Å². The van der Waals surface area contributed by atoms with Gasteiger partial charge in [0.1, 0.15) is 6.04 Å². The molecule has 0 bridgehead atoms. The molecule has 0 aliphatic carbocycles. The SMILES string of the molecule is O=C(NCC(=O)N1CCCC[C@H]1C(=O)O)c1ccccc1. The zero-order valence-corrected chi connectivity index (χ0v) is 11.6. The number of carboxylic acids is 1. The van der Waals surface area contributed by atoms with E-state index in [0.29, 0.717) is 18.5 Å². The lowest BCUT2D eigenvalue weighted by molar-refractivity contribution is -0.151. The molecule has 0 saturated carbocycles. The number of nitrogens with one attached hydrogen (secondary N) is 1. The van der Waals surface area contributed by atoms with Crippen LogP contribution in [0.3, 0.4) is 0 Å². The normalized spacial score (nSPS) is 18.1. The topological polar surface area (TPSA) is 86.7 Å². The Kier molecular flexibility index (Phi) is 4.92. The van der Waals surface area contributed by atoms with Gasteiger partial charge < -0.3 is 15.3 Å². The van der Waals surface area contributed by atoms with Crippen molar-refractivity contribution in [2.24, 2.45) is 0 Å². The maximum Gasteiger partial charge on any atom is 0.326 e. The molecule has 2 rings (SSSR count). The molecule has 0 radical (unpaired) electrons. The van der Waals surface area contributed by atoms with Gasteiger partial charge >= 0.3 is 5.97 Å².